The molecule has 1 aliphatic heterocycles. The zero-order chi connectivity index (χ0) is 17.3. The van der Waals surface area contributed by atoms with Crippen LogP contribution in [0.5, 0.6) is 0 Å². The van der Waals surface area contributed by atoms with E-state index in [1.54, 1.807) is 4.90 Å². The van der Waals surface area contributed by atoms with Crippen LogP contribution in [0.15, 0.2) is 0 Å². The van der Waals surface area contributed by atoms with Crippen molar-refractivity contribution >= 4 is 5.91 Å². The molecule has 0 radical (unpaired) electrons. The molecule has 1 heterocycles. The zero-order valence-electron chi connectivity index (χ0n) is 14.7. The summed E-state index contributed by atoms with van der Waals surface area (Å²) in [7, 11) is 0. The van der Waals surface area contributed by atoms with Crippen molar-refractivity contribution in [2.45, 2.75) is 82.6 Å². The van der Waals surface area contributed by atoms with Crippen LogP contribution in [-0.2, 0) is 4.79 Å². The number of halogens is 1. The van der Waals surface area contributed by atoms with Crippen LogP contribution in [0.25, 0.3) is 0 Å². The van der Waals surface area contributed by atoms with E-state index in [1.165, 1.54) is 0 Å². The van der Waals surface area contributed by atoms with E-state index in [0.29, 0.717) is 43.4 Å². The van der Waals surface area contributed by atoms with Gasteiger partial charge >= 0.3 is 0 Å². The van der Waals surface area contributed by atoms with Gasteiger partial charge in [-0.1, -0.05) is 6.92 Å². The summed E-state index contributed by atoms with van der Waals surface area (Å²) in [6.45, 7) is 4.08. The van der Waals surface area contributed by atoms with Crippen molar-refractivity contribution in [3.8, 4) is 6.07 Å². The third kappa shape index (κ3) is 2.22. The van der Waals surface area contributed by atoms with Crippen molar-refractivity contribution in [2.24, 2.45) is 28.9 Å². The Kier molecular flexibility index (Phi) is 3.52. The summed E-state index contributed by atoms with van der Waals surface area (Å²) >= 11 is 0. The van der Waals surface area contributed by atoms with Gasteiger partial charge in [-0.3, -0.25) is 4.79 Å². The number of hydrogen-bond donors (Lipinski definition) is 1. The number of nitrogens with zero attached hydrogens (tertiary/aromatic N) is 2. The third-order valence-corrected chi connectivity index (χ3v) is 7.56. The van der Waals surface area contributed by atoms with Crippen molar-refractivity contribution in [3.05, 3.63) is 0 Å². The Bertz CT molecular complexity index is 586. The van der Waals surface area contributed by atoms with Crippen LogP contribution in [0.2, 0.25) is 0 Å². The van der Waals surface area contributed by atoms with E-state index in [-0.39, 0.29) is 23.4 Å². The molecule has 0 spiro atoms. The van der Waals surface area contributed by atoms with E-state index in [0.717, 1.165) is 19.3 Å². The Morgan fingerprint density at radius 2 is 1.88 bits per heavy atom. The number of nitrogens with two attached hydrogens (primary N) is 1. The summed E-state index contributed by atoms with van der Waals surface area (Å²) in [4.78, 5) is 14.9. The number of carbonyl (C=O) groups excluding carboxylic acids is 1. The van der Waals surface area contributed by atoms with Gasteiger partial charge in [0.25, 0.3) is 0 Å². The first-order valence-corrected chi connectivity index (χ1v) is 9.43. The van der Waals surface area contributed by atoms with E-state index in [2.05, 4.69) is 13.0 Å². The van der Waals surface area contributed by atoms with Crippen LogP contribution in [0, 0.1) is 34.5 Å². The molecule has 0 aromatic carbocycles. The maximum absolute atomic E-state index is 15.2. The number of rotatable bonds is 2. The maximum Gasteiger partial charge on any atom is 0.241 e. The Labute approximate surface area is 143 Å². The van der Waals surface area contributed by atoms with Gasteiger partial charge in [-0.15, -0.1) is 0 Å². The Morgan fingerprint density at radius 3 is 2.42 bits per heavy atom. The average molecular weight is 333 g/mol. The number of likely N-dealkylation sites (tertiary alicyclic amines) is 1. The van der Waals surface area contributed by atoms with Crippen molar-refractivity contribution in [1.82, 2.24) is 4.90 Å². The molecule has 4 unspecified atom stereocenters. The second kappa shape index (κ2) is 5.17. The molecule has 5 fully saturated rings. The lowest BCUT2D eigenvalue weighted by atomic mass is 9.46. The molecule has 0 aromatic heterocycles. The summed E-state index contributed by atoms with van der Waals surface area (Å²) in [5.74, 6) is 0.951. The van der Waals surface area contributed by atoms with Crippen LogP contribution >= 0.6 is 0 Å². The van der Waals surface area contributed by atoms with Crippen molar-refractivity contribution in [1.29, 1.82) is 5.26 Å². The fourth-order valence-corrected chi connectivity index (χ4v) is 6.70. The maximum atomic E-state index is 15.2. The molecule has 132 valence electrons. The average Bonchev–Trinajstić information content (AvgIpc) is 2.78. The third-order valence-electron chi connectivity index (χ3n) is 7.56. The standard InChI is InChI=1S/C19H28FN3O/c1-11-3-15(9-21)23(12(11)2)17(24)16(22)18-5-13-4-14(6-18)8-19(20,7-13)10-18/h11-16H,3-8,10,22H2,1-2H3/t11?,12?,13?,14?,15-,16+,18?,19?/m0/s1. The lowest BCUT2D eigenvalue weighted by Crippen LogP contribution is -2.64. The molecular weight excluding hydrogens is 305 g/mol. The van der Waals surface area contributed by atoms with E-state index < -0.39 is 11.7 Å². The minimum absolute atomic E-state index is 0.0291. The van der Waals surface area contributed by atoms with Crippen LogP contribution in [0.4, 0.5) is 4.39 Å². The van der Waals surface area contributed by atoms with Gasteiger partial charge in [0.05, 0.1) is 12.1 Å². The summed E-state index contributed by atoms with van der Waals surface area (Å²) in [6, 6.07) is 1.24. The molecule has 6 atom stereocenters. The lowest BCUT2D eigenvalue weighted by Gasteiger charge is -2.60. The van der Waals surface area contributed by atoms with Gasteiger partial charge in [-0.05, 0) is 75.0 Å². The lowest BCUT2D eigenvalue weighted by molar-refractivity contribution is -0.156. The highest BCUT2D eigenvalue weighted by Gasteiger charge is 2.62. The van der Waals surface area contributed by atoms with Gasteiger partial charge in [0.15, 0.2) is 0 Å². The normalized spacial score (nSPS) is 50.8. The molecule has 1 amide bonds. The minimum atomic E-state index is -1.11. The summed E-state index contributed by atoms with van der Waals surface area (Å²) in [6.07, 6.45) is 5.34. The number of alkyl halides is 1. The summed E-state index contributed by atoms with van der Waals surface area (Å²) < 4.78 is 15.2. The molecule has 4 aliphatic carbocycles. The second-order valence-corrected chi connectivity index (χ2v) is 9.30. The number of amides is 1. The highest BCUT2D eigenvalue weighted by atomic mass is 19.1. The fourth-order valence-electron chi connectivity index (χ4n) is 6.70. The second-order valence-electron chi connectivity index (χ2n) is 9.30. The molecule has 2 N–H and O–H groups in total. The van der Waals surface area contributed by atoms with Crippen LogP contribution in [0.1, 0.15) is 58.8 Å². The molecule has 5 aliphatic rings. The first kappa shape index (κ1) is 16.3. The van der Waals surface area contributed by atoms with E-state index in [9.17, 15) is 10.1 Å². The first-order valence-electron chi connectivity index (χ1n) is 9.43. The summed E-state index contributed by atoms with van der Waals surface area (Å²) in [5, 5.41) is 9.43. The number of nitriles is 1. The zero-order valence-corrected chi connectivity index (χ0v) is 14.7. The van der Waals surface area contributed by atoms with Crippen LogP contribution < -0.4 is 5.73 Å². The van der Waals surface area contributed by atoms with Gasteiger partial charge in [0.1, 0.15) is 11.7 Å². The molecule has 5 rings (SSSR count). The van der Waals surface area contributed by atoms with Gasteiger partial charge < -0.3 is 10.6 Å². The van der Waals surface area contributed by atoms with Gasteiger partial charge in [-0.2, -0.15) is 5.26 Å². The SMILES string of the molecule is CC1C[C@@H](C#N)N(C(=O)[C@@H](N)C23CC4CC(CC(F)(C4)C2)C3)C1C. The molecule has 0 aromatic rings. The van der Waals surface area contributed by atoms with Crippen molar-refractivity contribution < 1.29 is 9.18 Å². The smallest absolute Gasteiger partial charge is 0.241 e. The quantitative estimate of drug-likeness (QED) is 0.845. The van der Waals surface area contributed by atoms with E-state index in [4.69, 9.17) is 5.73 Å². The molecule has 24 heavy (non-hydrogen) atoms. The number of carbonyl (C=O) groups is 1. The number of hydrogen-bond acceptors (Lipinski definition) is 3. The monoisotopic (exact) mass is 333 g/mol. The molecule has 4 nitrogen and oxygen atoms in total. The Hall–Kier alpha value is -1.15. The predicted octanol–water partition coefficient (Wildman–Crippen LogP) is 2.77. The van der Waals surface area contributed by atoms with Gasteiger partial charge in [-0.25, -0.2) is 4.39 Å². The van der Waals surface area contributed by atoms with Crippen molar-refractivity contribution in [3.63, 3.8) is 0 Å². The molecule has 1 saturated heterocycles. The largest absolute Gasteiger partial charge is 0.322 e. The molecular formula is C19H28FN3O. The Morgan fingerprint density at radius 1 is 1.25 bits per heavy atom. The van der Waals surface area contributed by atoms with Gasteiger partial charge in [0.2, 0.25) is 5.91 Å². The van der Waals surface area contributed by atoms with Crippen LogP contribution in [0.3, 0.4) is 0 Å². The van der Waals surface area contributed by atoms with Crippen molar-refractivity contribution in [2.75, 3.05) is 0 Å². The van der Waals surface area contributed by atoms with E-state index >= 15 is 4.39 Å². The Balaban J connectivity index is 1.61. The molecule has 4 saturated carbocycles. The molecule has 5 heteroatoms. The fraction of sp³-hybridized carbons (Fsp3) is 0.895. The highest BCUT2D eigenvalue weighted by molar-refractivity contribution is 5.84. The predicted molar refractivity (Wildman–Crippen MR) is 88.4 cm³/mol. The minimum Gasteiger partial charge on any atom is -0.322 e. The topological polar surface area (TPSA) is 70.1 Å². The molecule has 4 bridgehead atoms. The van der Waals surface area contributed by atoms with Crippen LogP contribution in [-0.4, -0.2) is 34.6 Å². The first-order chi connectivity index (χ1) is 11.3. The highest BCUT2D eigenvalue weighted by Crippen LogP contribution is 2.64. The summed E-state index contributed by atoms with van der Waals surface area (Å²) in [5.41, 5.74) is 5.01. The van der Waals surface area contributed by atoms with Gasteiger partial charge in [0, 0.05) is 6.04 Å². The van der Waals surface area contributed by atoms with E-state index in [1.807, 2.05) is 6.92 Å².